The molecule has 0 aromatic carbocycles. The van der Waals surface area contributed by atoms with Crippen LogP contribution >= 0.6 is 0 Å². The molecule has 12 nitrogen and oxygen atoms in total. The monoisotopic (exact) mass is 457 g/mol. The van der Waals surface area contributed by atoms with E-state index in [0.29, 0.717) is 6.42 Å². The predicted octanol–water partition coefficient (Wildman–Crippen LogP) is -1.37. The van der Waals surface area contributed by atoms with Gasteiger partial charge in [0.1, 0.15) is 18.1 Å². The number of aliphatic imine (C=N–C) groups is 1. The van der Waals surface area contributed by atoms with Crippen molar-refractivity contribution in [3.05, 3.63) is 0 Å². The van der Waals surface area contributed by atoms with E-state index in [1.54, 1.807) is 13.8 Å². The van der Waals surface area contributed by atoms with Crippen LogP contribution < -0.4 is 33.2 Å². The molecule has 0 aliphatic rings. The van der Waals surface area contributed by atoms with E-state index in [1.807, 2.05) is 13.8 Å². The van der Waals surface area contributed by atoms with Crippen molar-refractivity contribution in [3.63, 3.8) is 0 Å². The number of nitrogens with one attached hydrogen (secondary N) is 3. The van der Waals surface area contributed by atoms with E-state index in [-0.39, 0.29) is 37.2 Å². The summed E-state index contributed by atoms with van der Waals surface area (Å²) in [6.45, 7) is 8.88. The van der Waals surface area contributed by atoms with Gasteiger partial charge >= 0.3 is 5.97 Å². The van der Waals surface area contributed by atoms with Crippen molar-refractivity contribution >= 4 is 29.7 Å². The van der Waals surface area contributed by atoms with Crippen LogP contribution in [0.1, 0.15) is 53.9 Å². The molecule has 0 aromatic rings. The van der Waals surface area contributed by atoms with Crippen LogP contribution in [-0.4, -0.2) is 65.5 Å². The van der Waals surface area contributed by atoms with Crippen LogP contribution in [0.5, 0.6) is 0 Å². The Morgan fingerprint density at radius 3 is 1.88 bits per heavy atom. The summed E-state index contributed by atoms with van der Waals surface area (Å²) in [7, 11) is 0. The number of hydrogen-bond donors (Lipinski definition) is 7. The highest BCUT2D eigenvalue weighted by molar-refractivity contribution is 5.94. The molecule has 0 aliphatic carbocycles. The van der Waals surface area contributed by atoms with E-state index in [2.05, 4.69) is 20.9 Å². The summed E-state index contributed by atoms with van der Waals surface area (Å²) in [6, 6.07) is -3.87. The molecule has 0 saturated carbocycles. The number of carboxylic acid groups (broad SMARTS) is 1. The van der Waals surface area contributed by atoms with Gasteiger partial charge in [-0.3, -0.25) is 24.2 Å². The van der Waals surface area contributed by atoms with Crippen LogP contribution in [0.25, 0.3) is 0 Å². The van der Waals surface area contributed by atoms with Gasteiger partial charge in [-0.15, -0.1) is 0 Å². The second-order valence-electron chi connectivity index (χ2n) is 8.54. The van der Waals surface area contributed by atoms with Crippen LogP contribution in [-0.2, 0) is 19.2 Å². The molecule has 0 heterocycles. The molecular formula is C20H39N7O5. The number of nitrogens with zero attached hydrogens (tertiary/aromatic N) is 1. The maximum atomic E-state index is 13.0. The highest BCUT2D eigenvalue weighted by Gasteiger charge is 2.30. The number of hydrogen-bond acceptors (Lipinski definition) is 6. The van der Waals surface area contributed by atoms with Gasteiger partial charge < -0.3 is 38.3 Å². The van der Waals surface area contributed by atoms with Crippen LogP contribution in [0, 0.1) is 11.8 Å². The fourth-order valence-electron chi connectivity index (χ4n) is 2.69. The van der Waals surface area contributed by atoms with Gasteiger partial charge in [0.15, 0.2) is 5.96 Å². The molecule has 0 fully saturated rings. The smallest absolute Gasteiger partial charge is 0.325 e. The molecule has 0 bridgehead atoms. The second kappa shape index (κ2) is 14.2. The van der Waals surface area contributed by atoms with Gasteiger partial charge in [-0.1, -0.05) is 27.7 Å². The molecule has 0 aromatic heterocycles. The molecule has 0 saturated heterocycles. The minimum absolute atomic E-state index is 0.0375. The van der Waals surface area contributed by atoms with Crippen molar-refractivity contribution in [3.8, 4) is 0 Å². The van der Waals surface area contributed by atoms with Crippen LogP contribution in [0.15, 0.2) is 4.99 Å². The third kappa shape index (κ3) is 11.5. The van der Waals surface area contributed by atoms with Gasteiger partial charge in [0.05, 0.1) is 6.04 Å². The molecule has 3 amide bonds. The summed E-state index contributed by atoms with van der Waals surface area (Å²) in [5.74, 6) is -3.08. The SMILES string of the molecule is CC(C)CC(NC(=O)C(CCCN=C(N)N)NC(=O)C(N)C(C)C)C(=O)NC(C)C(=O)O. The number of amides is 3. The zero-order valence-corrected chi connectivity index (χ0v) is 19.6. The van der Waals surface area contributed by atoms with E-state index in [4.69, 9.17) is 22.3 Å². The number of carbonyl (C=O) groups excluding carboxylic acids is 3. The summed E-state index contributed by atoms with van der Waals surface area (Å²) < 4.78 is 0. The first-order chi connectivity index (χ1) is 14.8. The highest BCUT2D eigenvalue weighted by Crippen LogP contribution is 2.08. The lowest BCUT2D eigenvalue weighted by Crippen LogP contribution is -2.57. The van der Waals surface area contributed by atoms with Gasteiger partial charge in [0.2, 0.25) is 17.7 Å². The molecule has 32 heavy (non-hydrogen) atoms. The molecule has 4 atom stereocenters. The van der Waals surface area contributed by atoms with Gasteiger partial charge in [0.25, 0.3) is 0 Å². The summed E-state index contributed by atoms with van der Waals surface area (Å²) in [4.78, 5) is 52.9. The van der Waals surface area contributed by atoms with Crippen molar-refractivity contribution in [1.82, 2.24) is 16.0 Å². The van der Waals surface area contributed by atoms with Crippen molar-refractivity contribution < 1.29 is 24.3 Å². The van der Waals surface area contributed by atoms with E-state index < -0.39 is 47.9 Å². The molecule has 184 valence electrons. The Morgan fingerprint density at radius 2 is 1.41 bits per heavy atom. The molecule has 4 unspecified atom stereocenters. The summed E-state index contributed by atoms with van der Waals surface area (Å²) in [6.07, 6.45) is 0.884. The number of carbonyl (C=O) groups is 4. The van der Waals surface area contributed by atoms with Crippen LogP contribution in [0.4, 0.5) is 0 Å². The number of rotatable bonds is 14. The van der Waals surface area contributed by atoms with Gasteiger partial charge in [-0.05, 0) is 38.0 Å². The normalized spacial score (nSPS) is 14.8. The third-order valence-corrected chi connectivity index (χ3v) is 4.67. The largest absolute Gasteiger partial charge is 0.480 e. The van der Waals surface area contributed by atoms with Crippen LogP contribution in [0.3, 0.4) is 0 Å². The minimum atomic E-state index is -1.19. The van der Waals surface area contributed by atoms with E-state index in [1.165, 1.54) is 6.92 Å². The zero-order valence-electron chi connectivity index (χ0n) is 19.6. The topological polar surface area (TPSA) is 215 Å². The van der Waals surface area contributed by atoms with Gasteiger partial charge in [-0.25, -0.2) is 0 Å². The fourth-order valence-corrected chi connectivity index (χ4v) is 2.69. The standard InChI is InChI=1S/C20H39N7O5/c1-10(2)9-14(17(29)25-12(5)19(31)32)27-16(28)13(7-6-8-24-20(22)23)26-18(30)15(21)11(3)4/h10-15H,6-9,21H2,1-5H3,(H,25,29)(H,26,30)(H,27,28)(H,31,32)(H4,22,23,24). The highest BCUT2D eigenvalue weighted by atomic mass is 16.4. The van der Waals surface area contributed by atoms with Crippen molar-refractivity contribution in [2.24, 2.45) is 34.0 Å². The average Bonchev–Trinajstić information content (AvgIpc) is 2.67. The first-order valence-corrected chi connectivity index (χ1v) is 10.7. The lowest BCUT2D eigenvalue weighted by molar-refractivity contribution is -0.142. The predicted molar refractivity (Wildman–Crippen MR) is 121 cm³/mol. The first kappa shape index (κ1) is 29.1. The number of guanidine groups is 1. The lowest BCUT2D eigenvalue weighted by Gasteiger charge is -2.26. The molecule has 12 heteroatoms. The Hall–Kier alpha value is -2.89. The van der Waals surface area contributed by atoms with E-state index in [0.717, 1.165) is 0 Å². The quantitative estimate of drug-likeness (QED) is 0.0935. The Labute approximate surface area is 189 Å². The summed E-state index contributed by atoms with van der Waals surface area (Å²) in [5.41, 5.74) is 16.5. The lowest BCUT2D eigenvalue weighted by atomic mass is 10.0. The van der Waals surface area contributed by atoms with Gasteiger partial charge in [0, 0.05) is 6.54 Å². The second-order valence-corrected chi connectivity index (χ2v) is 8.54. The Morgan fingerprint density at radius 1 is 0.875 bits per heavy atom. The first-order valence-electron chi connectivity index (χ1n) is 10.7. The number of carboxylic acids is 1. The Bertz CT molecular complexity index is 677. The van der Waals surface area contributed by atoms with Gasteiger partial charge in [-0.2, -0.15) is 0 Å². The number of aliphatic carboxylic acids is 1. The third-order valence-electron chi connectivity index (χ3n) is 4.67. The molecule has 10 N–H and O–H groups in total. The minimum Gasteiger partial charge on any atom is -0.480 e. The average molecular weight is 458 g/mol. The molecule has 0 aliphatic heterocycles. The van der Waals surface area contributed by atoms with Crippen molar-refractivity contribution in [1.29, 1.82) is 0 Å². The van der Waals surface area contributed by atoms with Crippen molar-refractivity contribution in [2.75, 3.05) is 6.54 Å². The maximum absolute atomic E-state index is 13.0. The van der Waals surface area contributed by atoms with E-state index in [9.17, 15) is 19.2 Å². The number of nitrogens with two attached hydrogens (primary N) is 3. The van der Waals surface area contributed by atoms with E-state index >= 15 is 0 Å². The summed E-state index contributed by atoms with van der Waals surface area (Å²) >= 11 is 0. The molecular weight excluding hydrogens is 418 g/mol. The maximum Gasteiger partial charge on any atom is 0.325 e. The van der Waals surface area contributed by atoms with Crippen LogP contribution in [0.2, 0.25) is 0 Å². The fraction of sp³-hybridized carbons (Fsp3) is 0.750. The molecule has 0 spiro atoms. The zero-order chi connectivity index (χ0) is 25.0. The summed E-state index contributed by atoms with van der Waals surface area (Å²) in [5, 5.41) is 16.7. The Balaban J connectivity index is 5.45. The molecule has 0 rings (SSSR count). The molecule has 0 radical (unpaired) electrons. The van der Waals surface area contributed by atoms with Crippen molar-refractivity contribution in [2.45, 2.75) is 78.0 Å². The Kier molecular flexibility index (Phi) is 12.9.